The summed E-state index contributed by atoms with van der Waals surface area (Å²) in [7, 11) is -4.17. The lowest BCUT2D eigenvalue weighted by Gasteiger charge is -2.31. The molecule has 2 aliphatic heterocycles. The number of carboxylic acid groups (broad SMARTS) is 1. The van der Waals surface area contributed by atoms with Crippen molar-refractivity contribution in [2.45, 2.75) is 17.4 Å². The molecule has 2 heterocycles. The van der Waals surface area contributed by atoms with Gasteiger partial charge in [0.2, 0.25) is 5.91 Å². The molecule has 10 heteroatoms. The molecule has 3 amide bonds. The van der Waals surface area contributed by atoms with E-state index in [0.717, 1.165) is 4.90 Å². The summed E-state index contributed by atoms with van der Waals surface area (Å²) in [6, 6.07) is 3.74. The molecule has 0 spiro atoms. The number of carbonyl (C=O) groups is 3. The topological polar surface area (TPSA) is 124 Å². The maximum absolute atomic E-state index is 12.7. The maximum atomic E-state index is 12.7. The van der Waals surface area contributed by atoms with E-state index in [9.17, 15) is 22.8 Å². The Kier molecular flexibility index (Phi) is 3.48. The zero-order valence-electron chi connectivity index (χ0n) is 11.8. The van der Waals surface area contributed by atoms with Gasteiger partial charge in [-0.05, 0) is 18.6 Å². The average molecular weight is 339 g/mol. The van der Waals surface area contributed by atoms with Crippen LogP contribution in [0.1, 0.15) is 6.42 Å². The van der Waals surface area contributed by atoms with E-state index in [1.54, 1.807) is 6.07 Å². The SMILES string of the molecule is O=C(O)CN1CCC(N2C(=O)Nc3ccccc3S2(=O)=O)C1=O. The number of likely N-dealkylation sites (tertiary alicyclic amines) is 1. The number of urea groups is 1. The molecule has 0 aromatic heterocycles. The number of para-hydroxylation sites is 1. The number of nitrogens with one attached hydrogen (secondary N) is 1. The van der Waals surface area contributed by atoms with E-state index in [4.69, 9.17) is 5.11 Å². The minimum Gasteiger partial charge on any atom is -0.480 e. The van der Waals surface area contributed by atoms with Crippen LogP contribution in [0.25, 0.3) is 0 Å². The van der Waals surface area contributed by atoms with Crippen LogP contribution in [-0.4, -0.2) is 59.8 Å². The van der Waals surface area contributed by atoms with Crippen LogP contribution in [0.2, 0.25) is 0 Å². The average Bonchev–Trinajstić information content (AvgIpc) is 2.80. The first-order valence-corrected chi connectivity index (χ1v) is 8.21. The fourth-order valence-corrected chi connectivity index (χ4v) is 4.40. The number of benzene rings is 1. The fraction of sp³-hybridized carbons (Fsp3) is 0.308. The zero-order valence-corrected chi connectivity index (χ0v) is 12.6. The third-order valence-electron chi connectivity index (χ3n) is 3.74. The van der Waals surface area contributed by atoms with Gasteiger partial charge in [0.25, 0.3) is 10.0 Å². The Morgan fingerprint density at radius 3 is 2.70 bits per heavy atom. The molecule has 0 aliphatic carbocycles. The Bertz CT molecular complexity index is 806. The van der Waals surface area contributed by atoms with Gasteiger partial charge in [-0.2, -0.15) is 0 Å². The molecule has 1 saturated heterocycles. The van der Waals surface area contributed by atoms with Crippen LogP contribution in [0.4, 0.5) is 10.5 Å². The minimum atomic E-state index is -4.17. The quantitative estimate of drug-likeness (QED) is 0.793. The van der Waals surface area contributed by atoms with Crippen molar-refractivity contribution in [2.75, 3.05) is 18.4 Å². The Labute approximate surface area is 131 Å². The van der Waals surface area contributed by atoms with Gasteiger partial charge in [0.1, 0.15) is 17.5 Å². The third kappa shape index (κ3) is 2.40. The molecule has 122 valence electrons. The number of amides is 3. The first-order valence-electron chi connectivity index (χ1n) is 6.77. The number of carbonyl (C=O) groups excluding carboxylic acids is 2. The number of aliphatic carboxylic acids is 1. The smallest absolute Gasteiger partial charge is 0.336 e. The number of carboxylic acids is 1. The van der Waals surface area contributed by atoms with E-state index in [2.05, 4.69) is 5.32 Å². The zero-order chi connectivity index (χ0) is 16.8. The highest BCUT2D eigenvalue weighted by molar-refractivity contribution is 7.90. The van der Waals surface area contributed by atoms with Crippen LogP contribution in [0, 0.1) is 0 Å². The molecule has 2 aliphatic rings. The molecule has 3 rings (SSSR count). The summed E-state index contributed by atoms with van der Waals surface area (Å²) >= 11 is 0. The van der Waals surface area contributed by atoms with Crippen molar-refractivity contribution < 1.29 is 27.9 Å². The predicted octanol–water partition coefficient (Wildman–Crippen LogP) is -0.0917. The molecule has 1 aromatic carbocycles. The lowest BCUT2D eigenvalue weighted by Crippen LogP contribution is -2.52. The normalized spacial score (nSPS) is 22.7. The molecular formula is C13H13N3O6S. The molecular weight excluding hydrogens is 326 g/mol. The summed E-state index contributed by atoms with van der Waals surface area (Å²) < 4.78 is 25.8. The van der Waals surface area contributed by atoms with Crippen LogP contribution < -0.4 is 5.32 Å². The Hall–Kier alpha value is -2.62. The number of hydrogen-bond acceptors (Lipinski definition) is 5. The first kappa shape index (κ1) is 15.3. The summed E-state index contributed by atoms with van der Waals surface area (Å²) in [5.74, 6) is -1.89. The van der Waals surface area contributed by atoms with E-state index in [1.807, 2.05) is 0 Å². The lowest BCUT2D eigenvalue weighted by atomic mass is 10.2. The molecule has 9 nitrogen and oxygen atoms in total. The predicted molar refractivity (Wildman–Crippen MR) is 77.1 cm³/mol. The second kappa shape index (κ2) is 5.23. The standard InChI is InChI=1S/C13H13N3O6S/c17-11(18)7-15-6-5-9(12(15)19)16-13(20)14-8-3-1-2-4-10(8)23(16,21)22/h1-4,9H,5-7H2,(H,14,20)(H,17,18). The van der Waals surface area contributed by atoms with E-state index >= 15 is 0 Å². The van der Waals surface area contributed by atoms with Gasteiger partial charge in [-0.3, -0.25) is 9.59 Å². The van der Waals surface area contributed by atoms with Gasteiger partial charge in [-0.1, -0.05) is 12.1 Å². The van der Waals surface area contributed by atoms with Crippen LogP contribution in [0.15, 0.2) is 29.2 Å². The minimum absolute atomic E-state index is 0.0565. The highest BCUT2D eigenvalue weighted by atomic mass is 32.2. The van der Waals surface area contributed by atoms with Crippen molar-refractivity contribution in [2.24, 2.45) is 0 Å². The van der Waals surface area contributed by atoms with Crippen LogP contribution in [-0.2, 0) is 19.6 Å². The fourth-order valence-electron chi connectivity index (χ4n) is 2.75. The number of anilines is 1. The second-order valence-corrected chi connectivity index (χ2v) is 6.97. The summed E-state index contributed by atoms with van der Waals surface area (Å²) in [4.78, 5) is 36.1. The van der Waals surface area contributed by atoms with Gasteiger partial charge in [-0.25, -0.2) is 17.5 Å². The molecule has 1 fully saturated rings. The van der Waals surface area contributed by atoms with Gasteiger partial charge >= 0.3 is 12.0 Å². The van der Waals surface area contributed by atoms with Crippen molar-refractivity contribution in [1.29, 1.82) is 0 Å². The lowest BCUT2D eigenvalue weighted by molar-refractivity contribution is -0.143. The van der Waals surface area contributed by atoms with Gasteiger partial charge in [0.15, 0.2) is 0 Å². The molecule has 2 N–H and O–H groups in total. The largest absolute Gasteiger partial charge is 0.480 e. The van der Waals surface area contributed by atoms with Gasteiger partial charge in [0.05, 0.1) is 5.69 Å². The van der Waals surface area contributed by atoms with Crippen molar-refractivity contribution in [3.05, 3.63) is 24.3 Å². The summed E-state index contributed by atoms with van der Waals surface area (Å²) in [6.07, 6.45) is 0.0565. The van der Waals surface area contributed by atoms with E-state index in [-0.39, 0.29) is 23.5 Å². The number of hydrogen-bond donors (Lipinski definition) is 2. The van der Waals surface area contributed by atoms with Gasteiger partial charge < -0.3 is 15.3 Å². The Balaban J connectivity index is 1.96. The Morgan fingerprint density at radius 1 is 1.30 bits per heavy atom. The molecule has 1 aromatic rings. The number of fused-ring (bicyclic) bond motifs is 1. The summed E-state index contributed by atoms with van der Waals surface area (Å²) in [5.41, 5.74) is 0.154. The second-order valence-electron chi connectivity index (χ2n) is 5.19. The van der Waals surface area contributed by atoms with Gasteiger partial charge in [-0.15, -0.1) is 0 Å². The van der Waals surface area contributed by atoms with Gasteiger partial charge in [0, 0.05) is 6.54 Å². The van der Waals surface area contributed by atoms with Crippen molar-refractivity contribution in [1.82, 2.24) is 9.21 Å². The van der Waals surface area contributed by atoms with E-state index < -0.39 is 40.5 Å². The van der Waals surface area contributed by atoms with Crippen LogP contribution in [0.3, 0.4) is 0 Å². The van der Waals surface area contributed by atoms with Crippen molar-refractivity contribution >= 4 is 33.6 Å². The highest BCUT2D eigenvalue weighted by Crippen LogP contribution is 2.33. The molecule has 0 bridgehead atoms. The van der Waals surface area contributed by atoms with Crippen molar-refractivity contribution in [3.8, 4) is 0 Å². The molecule has 0 radical (unpaired) electrons. The molecule has 0 saturated carbocycles. The highest BCUT2D eigenvalue weighted by Gasteiger charge is 2.47. The maximum Gasteiger partial charge on any atom is 0.336 e. The van der Waals surface area contributed by atoms with Crippen LogP contribution >= 0.6 is 0 Å². The molecule has 1 atom stereocenters. The monoisotopic (exact) mass is 339 g/mol. The summed E-state index contributed by atoms with van der Waals surface area (Å²) in [5, 5.41) is 11.2. The van der Waals surface area contributed by atoms with E-state index in [0.29, 0.717) is 4.31 Å². The van der Waals surface area contributed by atoms with Crippen LogP contribution in [0.5, 0.6) is 0 Å². The molecule has 1 unspecified atom stereocenters. The first-order chi connectivity index (χ1) is 10.8. The van der Waals surface area contributed by atoms with Crippen molar-refractivity contribution in [3.63, 3.8) is 0 Å². The number of rotatable bonds is 3. The molecule has 23 heavy (non-hydrogen) atoms. The van der Waals surface area contributed by atoms with E-state index in [1.165, 1.54) is 18.2 Å². The Morgan fingerprint density at radius 2 is 2.00 bits per heavy atom. The number of sulfonamides is 1. The third-order valence-corrected chi connectivity index (χ3v) is 5.59. The number of nitrogens with zero attached hydrogens (tertiary/aromatic N) is 2. The summed E-state index contributed by atoms with van der Waals surface area (Å²) in [6.45, 7) is -0.446.